The van der Waals surface area contributed by atoms with Crippen molar-refractivity contribution in [2.45, 2.75) is 0 Å². The van der Waals surface area contributed by atoms with Crippen LogP contribution in [0, 0.1) is 0 Å². The number of benzene rings is 2. The summed E-state index contributed by atoms with van der Waals surface area (Å²) < 4.78 is 0. The molecule has 4 nitrogen and oxygen atoms in total. The van der Waals surface area contributed by atoms with Crippen LogP contribution in [0.1, 0.15) is 0 Å². The van der Waals surface area contributed by atoms with E-state index < -0.39 is 0 Å². The number of alkyl halides is 1. The van der Waals surface area contributed by atoms with Gasteiger partial charge in [0.05, 0.1) is 11.7 Å². The first-order chi connectivity index (χ1) is 12.9. The second-order valence-electron chi connectivity index (χ2n) is 5.05. The van der Waals surface area contributed by atoms with Gasteiger partial charge in [0.15, 0.2) is 5.82 Å². The van der Waals surface area contributed by atoms with Crippen LogP contribution in [0.2, 0.25) is 0 Å². The van der Waals surface area contributed by atoms with Crippen molar-refractivity contribution in [2.75, 3.05) is 13.5 Å². The zero-order valence-electron chi connectivity index (χ0n) is 14.7. The number of fused-ring (bicyclic) bond motifs is 1. The van der Waals surface area contributed by atoms with Crippen molar-refractivity contribution in [3.63, 3.8) is 0 Å². The van der Waals surface area contributed by atoms with Crippen molar-refractivity contribution in [3.8, 4) is 22.5 Å². The fourth-order valence-electron chi connectivity index (χ4n) is 2.43. The Morgan fingerprint density at radius 2 is 1.23 bits per heavy atom. The van der Waals surface area contributed by atoms with Crippen LogP contribution >= 0.6 is 11.6 Å². The predicted molar refractivity (Wildman–Crippen MR) is 108 cm³/mol. The molecule has 2 aromatic carbocycles. The Morgan fingerprint density at radius 1 is 0.654 bits per heavy atom. The molecular formula is C21H20ClN3O. The summed E-state index contributed by atoms with van der Waals surface area (Å²) in [6.45, 7) is 0. The quantitative estimate of drug-likeness (QED) is 0.517. The monoisotopic (exact) mass is 365 g/mol. The number of rotatable bonds is 2. The zero-order chi connectivity index (χ0) is 18.8. The van der Waals surface area contributed by atoms with Crippen LogP contribution in [0.5, 0.6) is 0 Å². The molecule has 0 radical (unpaired) electrons. The van der Waals surface area contributed by atoms with Gasteiger partial charge >= 0.3 is 0 Å². The van der Waals surface area contributed by atoms with Crippen molar-refractivity contribution in [1.29, 1.82) is 0 Å². The summed E-state index contributed by atoms with van der Waals surface area (Å²) in [5.74, 6) is 0.722. The minimum absolute atomic E-state index is 0.722. The summed E-state index contributed by atoms with van der Waals surface area (Å²) in [5, 5.41) is 7.00. The van der Waals surface area contributed by atoms with Crippen LogP contribution in [0.25, 0.3) is 33.5 Å². The van der Waals surface area contributed by atoms with E-state index >= 15 is 0 Å². The summed E-state index contributed by atoms with van der Waals surface area (Å²) in [6.07, 6.45) is 5.11. The smallest absolute Gasteiger partial charge is 0.159 e. The van der Waals surface area contributed by atoms with Crippen LogP contribution in [-0.4, -0.2) is 33.6 Å². The SMILES string of the molecule is CCl.CO.c1ccc(-c2cnc3cnc(-c4ccccc4)nc3c2)cc1. The van der Waals surface area contributed by atoms with Crippen molar-refractivity contribution >= 4 is 22.6 Å². The van der Waals surface area contributed by atoms with E-state index in [0.717, 1.165) is 40.7 Å². The topological polar surface area (TPSA) is 58.9 Å². The van der Waals surface area contributed by atoms with Crippen LogP contribution in [0.4, 0.5) is 0 Å². The molecule has 0 saturated carbocycles. The summed E-state index contributed by atoms with van der Waals surface area (Å²) >= 11 is 4.64. The average Bonchev–Trinajstić information content (AvgIpc) is 2.77. The molecule has 5 heteroatoms. The van der Waals surface area contributed by atoms with Crippen LogP contribution in [-0.2, 0) is 0 Å². The number of halogens is 1. The Bertz CT molecular complexity index is 857. The molecule has 0 aliphatic heterocycles. The van der Waals surface area contributed by atoms with Crippen molar-refractivity contribution in [2.24, 2.45) is 0 Å². The number of nitrogens with zero attached hydrogens (tertiary/aromatic N) is 3. The van der Waals surface area contributed by atoms with Crippen LogP contribution in [0.3, 0.4) is 0 Å². The second kappa shape index (κ2) is 10.2. The lowest BCUT2D eigenvalue weighted by Crippen LogP contribution is -1.92. The first-order valence-corrected chi connectivity index (χ1v) is 8.72. The number of aliphatic hydroxyl groups is 1. The maximum atomic E-state index is 7.00. The first-order valence-electron chi connectivity index (χ1n) is 7.96. The maximum Gasteiger partial charge on any atom is 0.159 e. The summed E-state index contributed by atoms with van der Waals surface area (Å²) in [5.41, 5.74) is 4.87. The van der Waals surface area contributed by atoms with Gasteiger partial charge in [-0.2, -0.15) is 0 Å². The molecule has 0 aliphatic carbocycles. The molecule has 0 saturated heterocycles. The van der Waals surface area contributed by atoms with Gasteiger partial charge in [0.1, 0.15) is 5.52 Å². The van der Waals surface area contributed by atoms with Crippen molar-refractivity contribution in [3.05, 3.63) is 79.1 Å². The predicted octanol–water partition coefficient (Wildman–Crippen LogP) is 4.82. The van der Waals surface area contributed by atoms with Crippen molar-refractivity contribution in [1.82, 2.24) is 15.0 Å². The molecule has 0 bridgehead atoms. The highest BCUT2D eigenvalue weighted by Gasteiger charge is 2.05. The van der Waals surface area contributed by atoms with E-state index in [1.165, 1.54) is 6.38 Å². The number of aliphatic hydroxyl groups excluding tert-OH is 1. The Balaban J connectivity index is 0.000000570. The molecule has 0 spiro atoms. The van der Waals surface area contributed by atoms with Gasteiger partial charge in [0.25, 0.3) is 0 Å². The number of hydrogen-bond acceptors (Lipinski definition) is 4. The Kier molecular flexibility index (Phi) is 7.68. The third kappa shape index (κ3) is 4.63. The van der Waals surface area contributed by atoms with E-state index in [1.54, 1.807) is 6.20 Å². The summed E-state index contributed by atoms with van der Waals surface area (Å²) in [6, 6.07) is 22.2. The molecule has 0 atom stereocenters. The molecule has 1 N–H and O–H groups in total. The van der Waals surface area contributed by atoms with E-state index in [9.17, 15) is 0 Å². The molecule has 4 aromatic rings. The van der Waals surface area contributed by atoms with Gasteiger partial charge in [0, 0.05) is 30.8 Å². The molecule has 4 rings (SSSR count). The highest BCUT2D eigenvalue weighted by atomic mass is 35.5. The number of pyridine rings is 1. The third-order valence-electron chi connectivity index (χ3n) is 3.57. The number of hydrogen-bond donors (Lipinski definition) is 1. The fourth-order valence-corrected chi connectivity index (χ4v) is 2.43. The number of aromatic nitrogens is 3. The lowest BCUT2D eigenvalue weighted by atomic mass is 10.1. The Morgan fingerprint density at radius 3 is 1.85 bits per heavy atom. The fraction of sp³-hybridized carbons (Fsp3) is 0.0952. The molecular weight excluding hydrogens is 346 g/mol. The first kappa shape index (κ1) is 19.5. The average molecular weight is 366 g/mol. The van der Waals surface area contributed by atoms with E-state index in [4.69, 9.17) is 5.11 Å². The van der Waals surface area contributed by atoms with Crippen LogP contribution in [0.15, 0.2) is 79.1 Å². The summed E-state index contributed by atoms with van der Waals surface area (Å²) in [7, 11) is 1.00. The van der Waals surface area contributed by atoms with Crippen molar-refractivity contribution < 1.29 is 5.11 Å². The molecule has 0 unspecified atom stereocenters. The zero-order valence-corrected chi connectivity index (χ0v) is 15.4. The lowest BCUT2D eigenvalue weighted by molar-refractivity contribution is 0.399. The Labute approximate surface area is 158 Å². The van der Waals surface area contributed by atoms with Gasteiger partial charge in [-0.15, -0.1) is 11.6 Å². The van der Waals surface area contributed by atoms with E-state index in [-0.39, 0.29) is 0 Å². The third-order valence-corrected chi connectivity index (χ3v) is 3.57. The van der Waals surface area contributed by atoms with Gasteiger partial charge < -0.3 is 5.11 Å². The normalized spacial score (nSPS) is 9.54. The molecule has 2 heterocycles. The van der Waals surface area contributed by atoms with E-state index in [1.807, 2.05) is 54.7 Å². The lowest BCUT2D eigenvalue weighted by Gasteiger charge is -2.05. The highest BCUT2D eigenvalue weighted by Crippen LogP contribution is 2.23. The molecule has 0 aliphatic rings. The second-order valence-corrected chi connectivity index (χ2v) is 5.05. The summed E-state index contributed by atoms with van der Waals surface area (Å²) in [4.78, 5) is 13.5. The standard InChI is InChI=1S/C19H13N3.CH3Cl.CH4O/c1-3-7-14(8-4-1)16-11-17-18(20-12-16)13-21-19(22-17)15-9-5-2-6-10-15;2*1-2/h1-13H;1H3;2H,1H3. The van der Waals surface area contributed by atoms with Gasteiger partial charge in [-0.25, -0.2) is 9.97 Å². The molecule has 132 valence electrons. The highest BCUT2D eigenvalue weighted by molar-refractivity contribution is 6.15. The molecule has 0 fully saturated rings. The van der Waals surface area contributed by atoms with Gasteiger partial charge in [-0.3, -0.25) is 4.98 Å². The van der Waals surface area contributed by atoms with E-state index in [0.29, 0.717) is 0 Å². The minimum Gasteiger partial charge on any atom is -0.400 e. The minimum atomic E-state index is 0.722. The molecule has 2 aromatic heterocycles. The van der Waals surface area contributed by atoms with E-state index in [2.05, 4.69) is 44.8 Å². The molecule has 26 heavy (non-hydrogen) atoms. The largest absolute Gasteiger partial charge is 0.400 e. The van der Waals surface area contributed by atoms with Gasteiger partial charge in [-0.1, -0.05) is 60.7 Å². The Hall–Kier alpha value is -2.82. The van der Waals surface area contributed by atoms with Gasteiger partial charge in [-0.05, 0) is 11.6 Å². The van der Waals surface area contributed by atoms with Gasteiger partial charge in [0.2, 0.25) is 0 Å². The van der Waals surface area contributed by atoms with Crippen LogP contribution < -0.4 is 0 Å². The maximum absolute atomic E-state index is 7.00. The molecule has 0 amide bonds.